The Hall–Kier alpha value is -1.02. The summed E-state index contributed by atoms with van der Waals surface area (Å²) >= 11 is 0. The quantitative estimate of drug-likeness (QED) is 0.752. The minimum absolute atomic E-state index is 0.353. The maximum absolute atomic E-state index is 5.73. The van der Waals surface area contributed by atoms with Crippen molar-refractivity contribution >= 4 is 0 Å². The van der Waals surface area contributed by atoms with Gasteiger partial charge in [-0.15, -0.1) is 0 Å². The molecule has 0 amide bonds. The molecule has 0 radical (unpaired) electrons. The van der Waals surface area contributed by atoms with Crippen LogP contribution < -0.4 is 10.1 Å². The molecule has 2 heteroatoms. The second kappa shape index (κ2) is 6.95. The van der Waals surface area contributed by atoms with Gasteiger partial charge < -0.3 is 10.1 Å². The van der Waals surface area contributed by atoms with Crippen molar-refractivity contribution in [1.29, 1.82) is 0 Å². The molecule has 0 spiro atoms. The van der Waals surface area contributed by atoms with Crippen LogP contribution >= 0.6 is 0 Å². The van der Waals surface area contributed by atoms with Gasteiger partial charge in [0.05, 0.1) is 6.61 Å². The minimum atomic E-state index is 0.353. The van der Waals surface area contributed by atoms with E-state index in [0.717, 1.165) is 18.3 Å². The molecule has 2 unspecified atom stereocenters. The molecule has 19 heavy (non-hydrogen) atoms. The molecule has 2 rings (SSSR count). The zero-order chi connectivity index (χ0) is 13.7. The molecule has 0 aromatic heterocycles. The van der Waals surface area contributed by atoms with Crippen molar-refractivity contribution in [3.05, 3.63) is 29.8 Å². The largest absolute Gasteiger partial charge is 0.494 e. The van der Waals surface area contributed by atoms with Gasteiger partial charge in [0.1, 0.15) is 5.75 Å². The lowest BCUT2D eigenvalue weighted by Gasteiger charge is -2.24. The fourth-order valence-electron chi connectivity index (χ4n) is 2.68. The lowest BCUT2D eigenvalue weighted by molar-refractivity contribution is 0.327. The summed E-state index contributed by atoms with van der Waals surface area (Å²) in [6, 6.07) is 9.37. The zero-order valence-corrected chi connectivity index (χ0v) is 12.5. The number of hydrogen-bond donors (Lipinski definition) is 1. The van der Waals surface area contributed by atoms with Gasteiger partial charge >= 0.3 is 0 Å². The Kier molecular flexibility index (Phi) is 5.26. The molecule has 106 valence electrons. The van der Waals surface area contributed by atoms with Crippen molar-refractivity contribution in [3.8, 4) is 5.75 Å². The van der Waals surface area contributed by atoms with Crippen LogP contribution in [0.4, 0.5) is 0 Å². The van der Waals surface area contributed by atoms with Crippen molar-refractivity contribution < 1.29 is 4.74 Å². The lowest BCUT2D eigenvalue weighted by atomic mass is 10.0. The summed E-state index contributed by atoms with van der Waals surface area (Å²) in [5.41, 5.74) is 1.28. The molecule has 2 atom stereocenters. The summed E-state index contributed by atoms with van der Waals surface area (Å²) < 4.78 is 5.73. The van der Waals surface area contributed by atoms with Gasteiger partial charge in [0.2, 0.25) is 0 Å². The molecule has 1 aromatic carbocycles. The van der Waals surface area contributed by atoms with Crippen LogP contribution in [0.2, 0.25) is 0 Å². The summed E-state index contributed by atoms with van der Waals surface area (Å²) in [6.07, 6.45) is 5.40. The Morgan fingerprint density at radius 1 is 1.26 bits per heavy atom. The van der Waals surface area contributed by atoms with E-state index in [0.29, 0.717) is 12.1 Å². The zero-order valence-electron chi connectivity index (χ0n) is 12.5. The highest BCUT2D eigenvalue weighted by molar-refractivity contribution is 5.35. The predicted octanol–water partition coefficient (Wildman–Crippen LogP) is 4.31. The van der Waals surface area contributed by atoms with E-state index in [2.05, 4.69) is 37.4 Å². The third-order valence-electron chi connectivity index (χ3n) is 3.98. The standard InChI is InChI=1S/C17H27NO/c1-4-15(12-14-10-11-14)18-13(3)16-8-6-7-9-17(16)19-5-2/h6-9,13-15,18H,4-5,10-12H2,1-3H3. The maximum Gasteiger partial charge on any atom is 0.124 e. The van der Waals surface area contributed by atoms with Crippen molar-refractivity contribution in [2.75, 3.05) is 6.61 Å². The second-order valence-corrected chi connectivity index (χ2v) is 5.64. The minimum Gasteiger partial charge on any atom is -0.494 e. The highest BCUT2D eigenvalue weighted by Crippen LogP contribution is 2.35. The SMILES string of the molecule is CCOc1ccccc1C(C)NC(CC)CC1CC1. The number of benzene rings is 1. The van der Waals surface area contributed by atoms with E-state index in [1.54, 1.807) is 0 Å². The number of ether oxygens (including phenoxy) is 1. The Labute approximate surface area is 117 Å². The average molecular weight is 261 g/mol. The number of rotatable bonds is 8. The Balaban J connectivity index is 1.98. The molecule has 2 nitrogen and oxygen atoms in total. The molecule has 0 aliphatic heterocycles. The summed E-state index contributed by atoms with van der Waals surface area (Å²) in [4.78, 5) is 0. The van der Waals surface area contributed by atoms with Gasteiger partial charge in [0, 0.05) is 17.6 Å². The van der Waals surface area contributed by atoms with Crippen molar-refractivity contribution in [3.63, 3.8) is 0 Å². The summed E-state index contributed by atoms with van der Waals surface area (Å²) in [5.74, 6) is 2.00. The van der Waals surface area contributed by atoms with Gasteiger partial charge in [-0.3, -0.25) is 0 Å². The van der Waals surface area contributed by atoms with E-state index in [1.807, 2.05) is 13.0 Å². The molecule has 1 aromatic rings. The van der Waals surface area contributed by atoms with Crippen LogP contribution in [0.1, 0.15) is 58.1 Å². The Morgan fingerprint density at radius 3 is 2.63 bits per heavy atom. The normalized spacial score (nSPS) is 18.1. The molecule has 1 saturated carbocycles. The molecular weight excluding hydrogens is 234 g/mol. The van der Waals surface area contributed by atoms with Gasteiger partial charge in [0.25, 0.3) is 0 Å². The highest BCUT2D eigenvalue weighted by atomic mass is 16.5. The first-order valence-electron chi connectivity index (χ1n) is 7.72. The van der Waals surface area contributed by atoms with Crippen LogP contribution in [0.25, 0.3) is 0 Å². The monoisotopic (exact) mass is 261 g/mol. The van der Waals surface area contributed by atoms with Crippen LogP contribution in [0, 0.1) is 5.92 Å². The highest BCUT2D eigenvalue weighted by Gasteiger charge is 2.25. The summed E-state index contributed by atoms with van der Waals surface area (Å²) in [7, 11) is 0. The molecule has 0 saturated heterocycles. The van der Waals surface area contributed by atoms with Gasteiger partial charge in [-0.1, -0.05) is 38.0 Å². The molecule has 1 N–H and O–H groups in total. The molecule has 0 bridgehead atoms. The van der Waals surface area contributed by atoms with E-state index < -0.39 is 0 Å². The van der Waals surface area contributed by atoms with Crippen LogP contribution in [0.3, 0.4) is 0 Å². The van der Waals surface area contributed by atoms with Crippen molar-refractivity contribution in [2.45, 2.75) is 58.5 Å². The van der Waals surface area contributed by atoms with Gasteiger partial charge in [-0.25, -0.2) is 0 Å². The fourth-order valence-corrected chi connectivity index (χ4v) is 2.68. The van der Waals surface area contributed by atoms with Crippen molar-refractivity contribution in [2.24, 2.45) is 5.92 Å². The fraction of sp³-hybridized carbons (Fsp3) is 0.647. The third kappa shape index (κ3) is 4.24. The first-order valence-corrected chi connectivity index (χ1v) is 7.72. The first kappa shape index (κ1) is 14.4. The molecule has 1 aliphatic carbocycles. The van der Waals surface area contributed by atoms with Crippen LogP contribution in [-0.2, 0) is 0 Å². The van der Waals surface area contributed by atoms with Crippen LogP contribution in [-0.4, -0.2) is 12.6 Å². The van der Waals surface area contributed by atoms with E-state index >= 15 is 0 Å². The lowest BCUT2D eigenvalue weighted by Crippen LogP contribution is -2.31. The molecule has 1 aliphatic rings. The predicted molar refractivity (Wildman–Crippen MR) is 80.6 cm³/mol. The van der Waals surface area contributed by atoms with E-state index in [-0.39, 0.29) is 0 Å². The second-order valence-electron chi connectivity index (χ2n) is 5.64. The summed E-state index contributed by atoms with van der Waals surface area (Å²) in [6.45, 7) is 7.29. The van der Waals surface area contributed by atoms with Crippen LogP contribution in [0.5, 0.6) is 5.75 Å². The third-order valence-corrected chi connectivity index (χ3v) is 3.98. The summed E-state index contributed by atoms with van der Waals surface area (Å²) in [5, 5.41) is 3.77. The number of nitrogens with one attached hydrogen (secondary N) is 1. The Bertz CT molecular complexity index is 387. The maximum atomic E-state index is 5.73. The Morgan fingerprint density at radius 2 is 2.00 bits per heavy atom. The van der Waals surface area contributed by atoms with Gasteiger partial charge in [0.15, 0.2) is 0 Å². The van der Waals surface area contributed by atoms with Crippen molar-refractivity contribution in [1.82, 2.24) is 5.32 Å². The number of hydrogen-bond acceptors (Lipinski definition) is 2. The van der Waals surface area contributed by atoms with Crippen LogP contribution in [0.15, 0.2) is 24.3 Å². The molecule has 0 heterocycles. The first-order chi connectivity index (χ1) is 9.24. The van der Waals surface area contributed by atoms with Gasteiger partial charge in [-0.05, 0) is 38.7 Å². The molecule has 1 fully saturated rings. The van der Waals surface area contributed by atoms with Gasteiger partial charge in [-0.2, -0.15) is 0 Å². The topological polar surface area (TPSA) is 21.3 Å². The smallest absolute Gasteiger partial charge is 0.124 e. The average Bonchev–Trinajstić information content (AvgIpc) is 3.23. The van der Waals surface area contributed by atoms with E-state index in [1.165, 1.54) is 31.2 Å². The molecular formula is C17H27NO. The van der Waals surface area contributed by atoms with E-state index in [9.17, 15) is 0 Å². The van der Waals surface area contributed by atoms with E-state index in [4.69, 9.17) is 4.74 Å². The number of para-hydroxylation sites is 1.